The third-order valence-electron chi connectivity index (χ3n) is 5.49. The Hall–Kier alpha value is -3.59. The van der Waals surface area contributed by atoms with Crippen LogP contribution in [0.3, 0.4) is 0 Å². The lowest BCUT2D eigenvalue weighted by Crippen LogP contribution is -2.13. The molecule has 4 rings (SSSR count). The summed E-state index contributed by atoms with van der Waals surface area (Å²) in [5.41, 5.74) is 3.04. The van der Waals surface area contributed by atoms with Gasteiger partial charge < -0.3 is 14.7 Å². The molecule has 32 heavy (non-hydrogen) atoms. The number of nitrogens with zero attached hydrogens (tertiary/aromatic N) is 3. The number of aryl methyl sites for hydroxylation is 2. The molecule has 4 aromatic rings. The van der Waals surface area contributed by atoms with Crippen LogP contribution in [0.2, 0.25) is 0 Å². The van der Waals surface area contributed by atoms with Gasteiger partial charge in [-0.15, -0.1) is 0 Å². The smallest absolute Gasteiger partial charge is 0.268 e. The summed E-state index contributed by atoms with van der Waals surface area (Å²) < 4.78 is 39.8. The minimum atomic E-state index is -3.96. The molecule has 0 spiro atoms. The molecule has 0 radical (unpaired) electrons. The number of aromatic nitrogens is 2. The maximum absolute atomic E-state index is 13.8. The van der Waals surface area contributed by atoms with Gasteiger partial charge in [0, 0.05) is 16.8 Å². The topological polar surface area (TPSA) is 103 Å². The highest BCUT2D eigenvalue weighted by Gasteiger charge is 2.27. The van der Waals surface area contributed by atoms with E-state index in [1.807, 2.05) is 13.8 Å². The van der Waals surface area contributed by atoms with Crippen molar-refractivity contribution in [2.75, 3.05) is 14.2 Å². The van der Waals surface area contributed by atoms with Crippen molar-refractivity contribution in [2.45, 2.75) is 25.2 Å². The van der Waals surface area contributed by atoms with Gasteiger partial charge in [-0.25, -0.2) is 12.4 Å². The van der Waals surface area contributed by atoms with Crippen LogP contribution >= 0.6 is 0 Å². The van der Waals surface area contributed by atoms with E-state index >= 15 is 0 Å². The molecule has 0 amide bonds. The quantitative estimate of drug-likeness (QED) is 0.268. The number of fused-ring (bicyclic) bond motifs is 3. The third kappa shape index (κ3) is 3.25. The molecule has 0 bridgehead atoms. The van der Waals surface area contributed by atoms with Gasteiger partial charge in [-0.3, -0.25) is 4.98 Å². The molecule has 2 aromatic heterocycles. The van der Waals surface area contributed by atoms with Gasteiger partial charge in [0.25, 0.3) is 10.0 Å². The van der Waals surface area contributed by atoms with Crippen LogP contribution in [0.1, 0.15) is 23.7 Å². The molecular weight excluding hydrogens is 430 g/mol. The van der Waals surface area contributed by atoms with Crippen molar-refractivity contribution in [1.29, 1.82) is 0 Å². The number of methoxy groups -OCH3 is 2. The van der Waals surface area contributed by atoms with Crippen LogP contribution in [0.15, 0.2) is 52.6 Å². The lowest BCUT2D eigenvalue weighted by Gasteiger charge is -2.11. The summed E-state index contributed by atoms with van der Waals surface area (Å²) in [4.78, 5) is 4.54. The van der Waals surface area contributed by atoms with Crippen LogP contribution in [0.25, 0.3) is 21.8 Å². The zero-order chi connectivity index (χ0) is 23.0. The lowest BCUT2D eigenvalue weighted by atomic mass is 10.0. The molecule has 0 fully saturated rings. The molecule has 0 aliphatic heterocycles. The molecule has 166 valence electrons. The Balaban J connectivity index is 2.22. The Bertz CT molecular complexity index is 1460. The first-order valence-electron chi connectivity index (χ1n) is 9.95. The van der Waals surface area contributed by atoms with Gasteiger partial charge in [0.05, 0.1) is 48.3 Å². The van der Waals surface area contributed by atoms with Gasteiger partial charge in [-0.2, -0.15) is 0 Å². The first-order valence-corrected chi connectivity index (χ1v) is 11.4. The molecule has 9 heteroatoms. The van der Waals surface area contributed by atoms with Crippen LogP contribution in [0.4, 0.5) is 0 Å². The van der Waals surface area contributed by atoms with Crippen LogP contribution < -0.4 is 9.47 Å². The second kappa shape index (κ2) is 8.16. The summed E-state index contributed by atoms with van der Waals surface area (Å²) in [6, 6.07) is 10.1. The summed E-state index contributed by atoms with van der Waals surface area (Å²) in [5.74, 6) is 0.884. The number of hydrogen-bond donors (Lipinski definition) is 1. The number of pyridine rings is 1. The Morgan fingerprint density at radius 1 is 1.09 bits per heavy atom. The highest BCUT2D eigenvalue weighted by Crippen LogP contribution is 2.41. The highest BCUT2D eigenvalue weighted by molar-refractivity contribution is 7.90. The van der Waals surface area contributed by atoms with Crippen LogP contribution in [0, 0.1) is 6.92 Å². The number of oxime groups is 1. The summed E-state index contributed by atoms with van der Waals surface area (Å²) in [7, 11) is -0.937. The van der Waals surface area contributed by atoms with Crippen molar-refractivity contribution in [3.8, 4) is 11.5 Å². The fourth-order valence-corrected chi connectivity index (χ4v) is 5.47. The maximum Gasteiger partial charge on any atom is 0.268 e. The Kier molecular flexibility index (Phi) is 5.52. The van der Waals surface area contributed by atoms with Crippen molar-refractivity contribution in [2.24, 2.45) is 5.16 Å². The van der Waals surface area contributed by atoms with Crippen molar-refractivity contribution in [3.05, 3.63) is 59.4 Å². The normalized spacial score (nSPS) is 12.1. The van der Waals surface area contributed by atoms with Crippen molar-refractivity contribution < 1.29 is 23.1 Å². The predicted molar refractivity (Wildman–Crippen MR) is 123 cm³/mol. The van der Waals surface area contributed by atoms with Gasteiger partial charge in [0.2, 0.25) is 0 Å². The van der Waals surface area contributed by atoms with E-state index in [-0.39, 0.29) is 4.90 Å². The molecule has 2 heterocycles. The van der Waals surface area contributed by atoms with Gasteiger partial charge in [0.1, 0.15) is 0 Å². The number of rotatable bonds is 6. The van der Waals surface area contributed by atoms with E-state index in [9.17, 15) is 8.42 Å². The standard InChI is InChI=1S/C23H23N3O5S/c1-5-16-18(12-25-27)24-13-20-23(16)17-10-21(30-3)22(31-4)11-19(17)26(20)32(28,29)15-8-6-14(2)7-9-15/h6-13,27H,5H2,1-4H3/b25-12-. The van der Waals surface area contributed by atoms with E-state index < -0.39 is 10.0 Å². The average Bonchev–Trinajstić information content (AvgIpc) is 3.12. The van der Waals surface area contributed by atoms with E-state index in [1.54, 1.807) is 36.4 Å². The maximum atomic E-state index is 13.8. The van der Waals surface area contributed by atoms with E-state index in [2.05, 4.69) is 10.1 Å². The van der Waals surface area contributed by atoms with E-state index in [0.29, 0.717) is 45.4 Å². The Labute approximate surface area is 185 Å². The Morgan fingerprint density at radius 2 is 1.75 bits per heavy atom. The third-order valence-corrected chi connectivity index (χ3v) is 7.24. The minimum absolute atomic E-state index is 0.163. The molecule has 0 unspecified atom stereocenters. The molecule has 0 aliphatic carbocycles. The fraction of sp³-hybridized carbons (Fsp3) is 0.217. The minimum Gasteiger partial charge on any atom is -0.493 e. The first kappa shape index (κ1) is 21.6. The summed E-state index contributed by atoms with van der Waals surface area (Å²) in [5, 5.41) is 13.6. The molecule has 0 saturated carbocycles. The van der Waals surface area contributed by atoms with Crippen molar-refractivity contribution in [1.82, 2.24) is 8.96 Å². The largest absolute Gasteiger partial charge is 0.493 e. The molecule has 1 N–H and O–H groups in total. The van der Waals surface area contributed by atoms with Gasteiger partial charge in [-0.05, 0) is 37.1 Å². The van der Waals surface area contributed by atoms with E-state index in [4.69, 9.17) is 14.7 Å². The number of ether oxygens (including phenoxy) is 2. The summed E-state index contributed by atoms with van der Waals surface area (Å²) in [6.45, 7) is 3.83. The molecule has 2 aromatic carbocycles. The van der Waals surface area contributed by atoms with Crippen LogP contribution in [0.5, 0.6) is 11.5 Å². The van der Waals surface area contributed by atoms with Gasteiger partial charge in [0.15, 0.2) is 11.5 Å². The molecule has 8 nitrogen and oxygen atoms in total. The predicted octanol–water partition coefficient (Wildman–Crippen LogP) is 4.12. The molecule has 0 atom stereocenters. The zero-order valence-corrected chi connectivity index (χ0v) is 19.0. The van der Waals surface area contributed by atoms with Gasteiger partial charge in [-0.1, -0.05) is 29.8 Å². The second-order valence-electron chi connectivity index (χ2n) is 7.29. The SMILES string of the molecule is CCc1c(/C=N\O)ncc2c1c1cc(OC)c(OC)cc1n2S(=O)(=O)c1ccc(C)cc1. The van der Waals surface area contributed by atoms with E-state index in [0.717, 1.165) is 11.1 Å². The van der Waals surface area contributed by atoms with E-state index in [1.165, 1.54) is 30.6 Å². The Morgan fingerprint density at radius 3 is 2.34 bits per heavy atom. The molecule has 0 aliphatic rings. The fourth-order valence-electron chi connectivity index (χ4n) is 3.98. The van der Waals surface area contributed by atoms with Crippen molar-refractivity contribution >= 4 is 38.0 Å². The number of hydrogen-bond acceptors (Lipinski definition) is 7. The summed E-state index contributed by atoms with van der Waals surface area (Å²) >= 11 is 0. The molecular formula is C23H23N3O5S. The van der Waals surface area contributed by atoms with Gasteiger partial charge >= 0.3 is 0 Å². The number of benzene rings is 2. The second-order valence-corrected chi connectivity index (χ2v) is 9.07. The lowest BCUT2D eigenvalue weighted by molar-refractivity contribution is 0.321. The monoisotopic (exact) mass is 453 g/mol. The van der Waals surface area contributed by atoms with Crippen LogP contribution in [-0.4, -0.2) is 43.0 Å². The zero-order valence-electron chi connectivity index (χ0n) is 18.2. The summed E-state index contributed by atoms with van der Waals surface area (Å²) in [6.07, 6.45) is 3.27. The molecule has 0 saturated heterocycles. The van der Waals surface area contributed by atoms with Crippen LogP contribution in [-0.2, 0) is 16.4 Å². The average molecular weight is 454 g/mol. The van der Waals surface area contributed by atoms with Crippen molar-refractivity contribution in [3.63, 3.8) is 0 Å². The highest BCUT2D eigenvalue weighted by atomic mass is 32.2. The first-order chi connectivity index (χ1) is 15.4.